The summed E-state index contributed by atoms with van der Waals surface area (Å²) in [6.45, 7) is 4.92. The van der Waals surface area contributed by atoms with E-state index in [1.807, 2.05) is 11.9 Å². The van der Waals surface area contributed by atoms with Gasteiger partial charge < -0.3 is 10.2 Å². The molecule has 0 saturated carbocycles. The van der Waals surface area contributed by atoms with Crippen molar-refractivity contribution in [1.29, 1.82) is 0 Å². The van der Waals surface area contributed by atoms with Gasteiger partial charge >= 0.3 is 0 Å². The third-order valence-electron chi connectivity index (χ3n) is 2.58. The SMILES string of the molecule is CCCN(C)C(=O)[C@H]1CCCNC1. The zero-order valence-electron chi connectivity index (χ0n) is 8.68. The van der Waals surface area contributed by atoms with Gasteiger partial charge in [-0.25, -0.2) is 0 Å². The first-order valence-electron chi connectivity index (χ1n) is 5.21. The van der Waals surface area contributed by atoms with E-state index in [2.05, 4.69) is 12.2 Å². The Kier molecular flexibility index (Phi) is 4.22. The fourth-order valence-corrected chi connectivity index (χ4v) is 1.82. The van der Waals surface area contributed by atoms with E-state index in [1.165, 1.54) is 0 Å². The van der Waals surface area contributed by atoms with Crippen molar-refractivity contribution in [1.82, 2.24) is 10.2 Å². The Labute approximate surface area is 80.5 Å². The van der Waals surface area contributed by atoms with Gasteiger partial charge in [0.1, 0.15) is 0 Å². The number of carbonyl (C=O) groups excluding carboxylic acids is 1. The van der Waals surface area contributed by atoms with Crippen LogP contribution in [0.4, 0.5) is 0 Å². The number of rotatable bonds is 3. The summed E-state index contributed by atoms with van der Waals surface area (Å²) in [5.74, 6) is 0.541. The van der Waals surface area contributed by atoms with Gasteiger partial charge in [-0.3, -0.25) is 4.79 Å². The second kappa shape index (κ2) is 5.22. The summed E-state index contributed by atoms with van der Waals surface area (Å²) in [7, 11) is 1.90. The van der Waals surface area contributed by atoms with E-state index in [0.717, 1.165) is 38.9 Å². The van der Waals surface area contributed by atoms with Crippen LogP contribution in [0.5, 0.6) is 0 Å². The lowest BCUT2D eigenvalue weighted by Gasteiger charge is -2.26. The van der Waals surface area contributed by atoms with Crippen molar-refractivity contribution in [2.45, 2.75) is 26.2 Å². The molecule has 1 heterocycles. The summed E-state index contributed by atoms with van der Waals surface area (Å²) in [5, 5.41) is 3.27. The van der Waals surface area contributed by atoms with E-state index in [-0.39, 0.29) is 5.92 Å². The number of amides is 1. The van der Waals surface area contributed by atoms with E-state index in [0.29, 0.717) is 5.91 Å². The fourth-order valence-electron chi connectivity index (χ4n) is 1.82. The Hall–Kier alpha value is -0.570. The molecule has 0 aromatic carbocycles. The molecule has 1 amide bonds. The number of hydrogen-bond acceptors (Lipinski definition) is 2. The molecule has 1 aliphatic rings. The summed E-state index contributed by atoms with van der Waals surface area (Å²) >= 11 is 0. The van der Waals surface area contributed by atoms with Crippen LogP contribution in [-0.2, 0) is 4.79 Å². The number of carbonyl (C=O) groups is 1. The molecule has 3 nitrogen and oxygen atoms in total. The van der Waals surface area contributed by atoms with E-state index in [1.54, 1.807) is 0 Å². The van der Waals surface area contributed by atoms with Gasteiger partial charge in [0, 0.05) is 20.1 Å². The molecule has 13 heavy (non-hydrogen) atoms. The van der Waals surface area contributed by atoms with E-state index >= 15 is 0 Å². The fraction of sp³-hybridized carbons (Fsp3) is 0.900. The third kappa shape index (κ3) is 2.99. The maximum Gasteiger partial charge on any atom is 0.226 e. The number of nitrogens with zero attached hydrogens (tertiary/aromatic N) is 1. The predicted molar refractivity (Wildman–Crippen MR) is 53.5 cm³/mol. The molecule has 0 spiro atoms. The molecule has 0 unspecified atom stereocenters. The van der Waals surface area contributed by atoms with Gasteiger partial charge in [0.05, 0.1) is 5.92 Å². The summed E-state index contributed by atoms with van der Waals surface area (Å²) in [6, 6.07) is 0. The molecule has 1 N–H and O–H groups in total. The number of piperidine rings is 1. The van der Waals surface area contributed by atoms with Crippen LogP contribution in [-0.4, -0.2) is 37.5 Å². The van der Waals surface area contributed by atoms with Crippen molar-refractivity contribution in [2.75, 3.05) is 26.7 Å². The Balaban J connectivity index is 2.36. The Bertz CT molecular complexity index is 164. The van der Waals surface area contributed by atoms with Gasteiger partial charge in [-0.2, -0.15) is 0 Å². The normalized spacial score (nSPS) is 22.8. The lowest BCUT2D eigenvalue weighted by atomic mass is 9.98. The molecule has 0 bridgehead atoms. The molecule has 1 fully saturated rings. The average molecular weight is 184 g/mol. The van der Waals surface area contributed by atoms with E-state index in [4.69, 9.17) is 0 Å². The van der Waals surface area contributed by atoms with Crippen LogP contribution >= 0.6 is 0 Å². The molecule has 1 saturated heterocycles. The second-order valence-corrected chi connectivity index (χ2v) is 3.80. The monoisotopic (exact) mass is 184 g/mol. The topological polar surface area (TPSA) is 32.3 Å². The van der Waals surface area contributed by atoms with Crippen molar-refractivity contribution in [3.63, 3.8) is 0 Å². The Morgan fingerprint density at radius 2 is 2.38 bits per heavy atom. The van der Waals surface area contributed by atoms with E-state index < -0.39 is 0 Å². The van der Waals surface area contributed by atoms with Gasteiger partial charge in [-0.05, 0) is 25.8 Å². The highest BCUT2D eigenvalue weighted by atomic mass is 16.2. The first-order chi connectivity index (χ1) is 6.25. The molecule has 3 heteroatoms. The highest BCUT2D eigenvalue weighted by Gasteiger charge is 2.23. The molecular weight excluding hydrogens is 164 g/mol. The summed E-state index contributed by atoms with van der Waals surface area (Å²) < 4.78 is 0. The second-order valence-electron chi connectivity index (χ2n) is 3.80. The van der Waals surface area contributed by atoms with Crippen molar-refractivity contribution >= 4 is 5.91 Å². The van der Waals surface area contributed by atoms with Crippen LogP contribution in [0.1, 0.15) is 26.2 Å². The Morgan fingerprint density at radius 1 is 1.62 bits per heavy atom. The predicted octanol–water partition coefficient (Wildman–Crippen LogP) is 0.854. The maximum absolute atomic E-state index is 11.8. The number of hydrogen-bond donors (Lipinski definition) is 1. The van der Waals surface area contributed by atoms with Crippen molar-refractivity contribution in [2.24, 2.45) is 5.92 Å². The van der Waals surface area contributed by atoms with Crippen LogP contribution in [0.25, 0.3) is 0 Å². The highest BCUT2D eigenvalue weighted by molar-refractivity contribution is 5.78. The molecule has 1 aliphatic heterocycles. The van der Waals surface area contributed by atoms with Gasteiger partial charge in [-0.15, -0.1) is 0 Å². The first kappa shape index (κ1) is 10.5. The summed E-state index contributed by atoms with van der Waals surface area (Å²) in [6.07, 6.45) is 3.23. The van der Waals surface area contributed by atoms with Gasteiger partial charge in [0.25, 0.3) is 0 Å². The zero-order chi connectivity index (χ0) is 9.68. The smallest absolute Gasteiger partial charge is 0.226 e. The minimum absolute atomic E-state index is 0.227. The largest absolute Gasteiger partial charge is 0.345 e. The van der Waals surface area contributed by atoms with Crippen molar-refractivity contribution in [3.05, 3.63) is 0 Å². The molecule has 0 aliphatic carbocycles. The standard InChI is InChI=1S/C10H20N2O/c1-3-7-12(2)10(13)9-5-4-6-11-8-9/h9,11H,3-8H2,1-2H3/t9-/m0/s1. The minimum atomic E-state index is 0.227. The molecule has 1 rings (SSSR count). The summed E-state index contributed by atoms with van der Waals surface area (Å²) in [5.41, 5.74) is 0. The average Bonchev–Trinajstić information content (AvgIpc) is 2.18. The van der Waals surface area contributed by atoms with Crippen LogP contribution in [0.2, 0.25) is 0 Å². The van der Waals surface area contributed by atoms with Crippen molar-refractivity contribution < 1.29 is 4.79 Å². The number of nitrogens with one attached hydrogen (secondary N) is 1. The van der Waals surface area contributed by atoms with Crippen molar-refractivity contribution in [3.8, 4) is 0 Å². The lowest BCUT2D eigenvalue weighted by molar-refractivity contribution is -0.134. The molecule has 0 aromatic heterocycles. The van der Waals surface area contributed by atoms with Gasteiger partial charge in [0.2, 0.25) is 5.91 Å². The summed E-state index contributed by atoms with van der Waals surface area (Å²) in [4.78, 5) is 13.6. The maximum atomic E-state index is 11.8. The lowest BCUT2D eigenvalue weighted by Crippen LogP contribution is -2.41. The van der Waals surface area contributed by atoms with Gasteiger partial charge in [0.15, 0.2) is 0 Å². The molecule has 0 aromatic rings. The highest BCUT2D eigenvalue weighted by Crippen LogP contribution is 2.12. The van der Waals surface area contributed by atoms with Crippen LogP contribution in [0, 0.1) is 5.92 Å². The molecule has 0 radical (unpaired) electrons. The first-order valence-corrected chi connectivity index (χ1v) is 5.21. The van der Waals surface area contributed by atoms with Crippen LogP contribution in [0.3, 0.4) is 0 Å². The quantitative estimate of drug-likeness (QED) is 0.705. The van der Waals surface area contributed by atoms with Crippen LogP contribution < -0.4 is 5.32 Å². The van der Waals surface area contributed by atoms with E-state index in [9.17, 15) is 4.79 Å². The minimum Gasteiger partial charge on any atom is -0.345 e. The molecular formula is C10H20N2O. The van der Waals surface area contributed by atoms with Gasteiger partial charge in [-0.1, -0.05) is 6.92 Å². The Morgan fingerprint density at radius 3 is 2.92 bits per heavy atom. The third-order valence-corrected chi connectivity index (χ3v) is 2.58. The zero-order valence-corrected chi connectivity index (χ0v) is 8.68. The molecule has 76 valence electrons. The van der Waals surface area contributed by atoms with Crippen LogP contribution in [0.15, 0.2) is 0 Å². The molecule has 1 atom stereocenters.